The van der Waals surface area contributed by atoms with Gasteiger partial charge in [0.05, 0.1) is 16.4 Å². The highest BCUT2D eigenvalue weighted by Crippen LogP contribution is 2.17. The van der Waals surface area contributed by atoms with Gasteiger partial charge >= 0.3 is 5.97 Å². The van der Waals surface area contributed by atoms with E-state index in [9.17, 15) is 4.79 Å². The van der Waals surface area contributed by atoms with E-state index in [1.165, 1.54) is 6.08 Å². The van der Waals surface area contributed by atoms with Crippen LogP contribution in [0.25, 0.3) is 0 Å². The van der Waals surface area contributed by atoms with Crippen LogP contribution in [-0.4, -0.2) is 29.5 Å². The molecular formula is C12H13ClN2O2. The van der Waals surface area contributed by atoms with Gasteiger partial charge in [-0.2, -0.15) is 0 Å². The Morgan fingerprint density at radius 1 is 1.59 bits per heavy atom. The van der Waals surface area contributed by atoms with E-state index >= 15 is 0 Å². The van der Waals surface area contributed by atoms with Gasteiger partial charge < -0.3 is 9.64 Å². The summed E-state index contributed by atoms with van der Waals surface area (Å²) in [7, 11) is 1.90. The number of aromatic nitrogens is 1. The lowest BCUT2D eigenvalue weighted by Gasteiger charge is -2.19. The van der Waals surface area contributed by atoms with Crippen LogP contribution in [0.2, 0.25) is 5.02 Å². The van der Waals surface area contributed by atoms with E-state index in [0.717, 1.165) is 17.0 Å². The standard InChI is InChI=1S/C12H13ClN2O2/c1-8-11(13)3-9(5-14-8)6-15(2)10-4-12(16)17-7-10/h3-5H,6-7H2,1-2H3. The smallest absolute Gasteiger partial charge is 0.333 e. The number of esters is 1. The van der Waals surface area contributed by atoms with E-state index in [-0.39, 0.29) is 5.97 Å². The van der Waals surface area contributed by atoms with Crippen LogP contribution in [0.5, 0.6) is 0 Å². The number of ether oxygens (including phenoxy) is 1. The minimum atomic E-state index is -0.285. The van der Waals surface area contributed by atoms with E-state index in [0.29, 0.717) is 18.2 Å². The van der Waals surface area contributed by atoms with Gasteiger partial charge in [-0.15, -0.1) is 0 Å². The fourth-order valence-electron chi connectivity index (χ4n) is 1.59. The minimum absolute atomic E-state index is 0.285. The zero-order chi connectivity index (χ0) is 12.4. The van der Waals surface area contributed by atoms with Crippen LogP contribution in [0.4, 0.5) is 0 Å². The second kappa shape index (κ2) is 4.75. The number of carbonyl (C=O) groups is 1. The van der Waals surface area contributed by atoms with Crippen LogP contribution < -0.4 is 0 Å². The van der Waals surface area contributed by atoms with Crippen molar-refractivity contribution in [1.82, 2.24) is 9.88 Å². The van der Waals surface area contributed by atoms with E-state index in [2.05, 4.69) is 4.98 Å². The number of hydrogen-bond acceptors (Lipinski definition) is 4. The van der Waals surface area contributed by atoms with Crippen LogP contribution in [0, 0.1) is 6.92 Å². The first kappa shape index (κ1) is 11.9. The van der Waals surface area contributed by atoms with Gasteiger partial charge in [0, 0.05) is 25.9 Å². The molecule has 0 aliphatic carbocycles. The number of nitrogens with zero attached hydrogens (tertiary/aromatic N) is 2. The molecule has 90 valence electrons. The van der Waals surface area contributed by atoms with Crippen LogP contribution in [0.3, 0.4) is 0 Å². The fourth-order valence-corrected chi connectivity index (χ4v) is 1.78. The number of carbonyl (C=O) groups excluding carboxylic acids is 1. The van der Waals surface area contributed by atoms with Crippen molar-refractivity contribution in [3.8, 4) is 0 Å². The van der Waals surface area contributed by atoms with Gasteiger partial charge in [-0.1, -0.05) is 11.6 Å². The summed E-state index contributed by atoms with van der Waals surface area (Å²) in [6.07, 6.45) is 3.29. The first-order valence-electron chi connectivity index (χ1n) is 5.26. The molecule has 2 rings (SSSR count). The highest BCUT2D eigenvalue weighted by Gasteiger charge is 2.16. The monoisotopic (exact) mass is 252 g/mol. The van der Waals surface area contributed by atoms with Gasteiger partial charge in [0.2, 0.25) is 0 Å². The van der Waals surface area contributed by atoms with Crippen molar-refractivity contribution in [3.63, 3.8) is 0 Å². The summed E-state index contributed by atoms with van der Waals surface area (Å²) >= 11 is 6.01. The molecule has 0 fully saturated rings. The second-order valence-corrected chi connectivity index (χ2v) is 4.42. The Balaban J connectivity index is 2.08. The SMILES string of the molecule is Cc1ncc(CN(C)C2=CC(=O)OC2)cc1Cl. The van der Waals surface area contributed by atoms with Crippen molar-refractivity contribution in [1.29, 1.82) is 0 Å². The molecule has 0 atom stereocenters. The van der Waals surface area contributed by atoms with Gasteiger partial charge in [-0.05, 0) is 18.6 Å². The molecule has 4 nitrogen and oxygen atoms in total. The van der Waals surface area contributed by atoms with Gasteiger partial charge in [0.1, 0.15) is 6.61 Å². The Labute approximate surface area is 105 Å². The molecule has 1 aliphatic rings. The topological polar surface area (TPSA) is 42.4 Å². The molecule has 1 aromatic rings. The quantitative estimate of drug-likeness (QED) is 0.771. The lowest BCUT2D eigenvalue weighted by Crippen LogP contribution is -2.18. The van der Waals surface area contributed by atoms with Crippen molar-refractivity contribution in [3.05, 3.63) is 40.3 Å². The predicted octanol–water partition coefficient (Wildman–Crippen LogP) is 1.92. The predicted molar refractivity (Wildman–Crippen MR) is 64.5 cm³/mol. The summed E-state index contributed by atoms with van der Waals surface area (Å²) in [6, 6.07) is 1.89. The summed E-state index contributed by atoms with van der Waals surface area (Å²) in [5.41, 5.74) is 2.69. The maximum atomic E-state index is 11.0. The maximum absolute atomic E-state index is 11.0. The molecule has 0 N–H and O–H groups in total. The van der Waals surface area contributed by atoms with E-state index < -0.39 is 0 Å². The summed E-state index contributed by atoms with van der Waals surface area (Å²) in [4.78, 5) is 17.1. The number of pyridine rings is 1. The number of cyclic esters (lactones) is 1. The van der Waals surface area contributed by atoms with Gasteiger partial charge in [0.15, 0.2) is 0 Å². The number of rotatable bonds is 3. The molecule has 0 saturated heterocycles. The van der Waals surface area contributed by atoms with Crippen molar-refractivity contribution >= 4 is 17.6 Å². The van der Waals surface area contributed by atoms with E-state index in [4.69, 9.17) is 16.3 Å². The van der Waals surface area contributed by atoms with Crippen LogP contribution in [-0.2, 0) is 16.1 Å². The lowest BCUT2D eigenvalue weighted by molar-refractivity contribution is -0.135. The average Bonchev–Trinajstić information content (AvgIpc) is 2.70. The van der Waals surface area contributed by atoms with Crippen LogP contribution in [0.1, 0.15) is 11.3 Å². The Hall–Kier alpha value is -1.55. The highest BCUT2D eigenvalue weighted by atomic mass is 35.5. The first-order valence-corrected chi connectivity index (χ1v) is 5.63. The fraction of sp³-hybridized carbons (Fsp3) is 0.333. The van der Waals surface area contributed by atoms with Gasteiger partial charge in [-0.3, -0.25) is 4.98 Å². The van der Waals surface area contributed by atoms with Crippen LogP contribution >= 0.6 is 11.6 Å². The van der Waals surface area contributed by atoms with E-state index in [1.54, 1.807) is 6.20 Å². The lowest BCUT2D eigenvalue weighted by atomic mass is 10.2. The van der Waals surface area contributed by atoms with Gasteiger partial charge in [-0.25, -0.2) is 4.79 Å². The molecule has 0 bridgehead atoms. The van der Waals surface area contributed by atoms with Crippen molar-refractivity contribution in [2.75, 3.05) is 13.7 Å². The molecule has 17 heavy (non-hydrogen) atoms. The molecule has 1 aromatic heterocycles. The second-order valence-electron chi connectivity index (χ2n) is 4.01. The molecule has 0 spiro atoms. The molecule has 0 aromatic carbocycles. The summed E-state index contributed by atoms with van der Waals surface area (Å²) in [6.45, 7) is 2.85. The Morgan fingerprint density at radius 3 is 2.94 bits per heavy atom. The van der Waals surface area contributed by atoms with Crippen molar-refractivity contribution in [2.45, 2.75) is 13.5 Å². The molecule has 0 radical (unpaired) electrons. The number of likely N-dealkylation sites (N-methyl/N-ethyl adjacent to an activating group) is 1. The van der Waals surface area contributed by atoms with Crippen molar-refractivity contribution < 1.29 is 9.53 Å². The normalized spacial score (nSPS) is 14.5. The molecule has 0 saturated carbocycles. The number of aryl methyl sites for hydroxylation is 1. The molecule has 5 heteroatoms. The number of halogens is 1. The molecule has 1 aliphatic heterocycles. The molecular weight excluding hydrogens is 240 g/mol. The third-order valence-electron chi connectivity index (χ3n) is 2.64. The zero-order valence-electron chi connectivity index (χ0n) is 9.74. The van der Waals surface area contributed by atoms with Crippen molar-refractivity contribution in [2.24, 2.45) is 0 Å². The summed E-state index contributed by atoms with van der Waals surface area (Å²) in [5.74, 6) is -0.285. The Kier molecular flexibility index (Phi) is 3.33. The summed E-state index contributed by atoms with van der Waals surface area (Å²) in [5, 5.41) is 0.656. The maximum Gasteiger partial charge on any atom is 0.333 e. The molecule has 2 heterocycles. The third kappa shape index (κ3) is 2.77. The molecule has 0 amide bonds. The third-order valence-corrected chi connectivity index (χ3v) is 3.02. The first-order chi connectivity index (χ1) is 8.06. The Morgan fingerprint density at radius 2 is 2.35 bits per heavy atom. The van der Waals surface area contributed by atoms with Gasteiger partial charge in [0.25, 0.3) is 0 Å². The molecule has 0 unspecified atom stereocenters. The minimum Gasteiger partial charge on any atom is -0.456 e. The Bertz CT molecular complexity index is 485. The van der Waals surface area contributed by atoms with Crippen LogP contribution in [0.15, 0.2) is 24.0 Å². The summed E-state index contributed by atoms with van der Waals surface area (Å²) < 4.78 is 4.85. The highest BCUT2D eigenvalue weighted by molar-refractivity contribution is 6.31. The van der Waals surface area contributed by atoms with E-state index in [1.807, 2.05) is 24.9 Å². The average molecular weight is 253 g/mol. The number of hydrogen-bond donors (Lipinski definition) is 0. The largest absolute Gasteiger partial charge is 0.456 e. The zero-order valence-corrected chi connectivity index (χ0v) is 10.5.